The first-order valence-electron chi connectivity index (χ1n) is 3.43. The molecule has 0 amide bonds. The summed E-state index contributed by atoms with van der Waals surface area (Å²) in [5.41, 5.74) is 0. The first-order valence-corrected chi connectivity index (χ1v) is 3.43. The van der Waals surface area contributed by atoms with Crippen molar-refractivity contribution >= 4 is 0 Å². The smallest absolute Gasteiger partial charge is 0.0544 e. The van der Waals surface area contributed by atoms with E-state index in [1.807, 2.05) is 0 Å². The van der Waals surface area contributed by atoms with Crippen LogP contribution in [-0.4, -0.2) is 11.2 Å². The molecule has 1 radical (unpaired) electrons. The van der Waals surface area contributed by atoms with Gasteiger partial charge in [-0.15, -0.1) is 0 Å². The molecule has 0 heterocycles. The lowest BCUT2D eigenvalue weighted by Gasteiger charge is -1.97. The minimum atomic E-state index is -0.397. The molecular formula is C8H15O. The molecule has 0 bridgehead atoms. The van der Waals surface area contributed by atoms with E-state index in [0.717, 1.165) is 19.3 Å². The van der Waals surface area contributed by atoms with Gasteiger partial charge in [-0.3, -0.25) is 0 Å². The lowest BCUT2D eigenvalue weighted by Crippen LogP contribution is -1.97. The largest absolute Gasteiger partial charge is 0.393 e. The van der Waals surface area contributed by atoms with Crippen molar-refractivity contribution in [3.05, 3.63) is 19.1 Å². The number of aliphatic hydroxyl groups excluding tert-OH is 1. The highest BCUT2D eigenvalue weighted by molar-refractivity contribution is 4.80. The third-order valence-electron chi connectivity index (χ3n) is 1.07. The molecule has 0 aliphatic rings. The molecule has 0 aromatic rings. The summed E-state index contributed by atoms with van der Waals surface area (Å²) in [6, 6.07) is 0. The van der Waals surface area contributed by atoms with Gasteiger partial charge in [0.25, 0.3) is 0 Å². The molecular weight excluding hydrogens is 112 g/mol. The van der Waals surface area contributed by atoms with Crippen molar-refractivity contribution in [3.63, 3.8) is 0 Å². The monoisotopic (exact) mass is 127 g/mol. The Kier molecular flexibility index (Phi) is 5.64. The van der Waals surface area contributed by atoms with Crippen LogP contribution >= 0.6 is 0 Å². The Morgan fingerprint density at radius 2 is 2.22 bits per heavy atom. The molecule has 0 saturated carbocycles. The molecule has 1 unspecified atom stereocenters. The van der Waals surface area contributed by atoms with Crippen molar-refractivity contribution in [2.24, 2.45) is 0 Å². The Morgan fingerprint density at radius 1 is 1.56 bits per heavy atom. The van der Waals surface area contributed by atoms with Gasteiger partial charge < -0.3 is 5.11 Å². The summed E-state index contributed by atoms with van der Waals surface area (Å²) in [5, 5.41) is 8.71. The van der Waals surface area contributed by atoms with Gasteiger partial charge in [0.1, 0.15) is 0 Å². The second-order valence-corrected chi connectivity index (χ2v) is 2.11. The Labute approximate surface area is 57.4 Å². The standard InChI is InChI=1S/C8H15O/c1-3-4-5-6-7-8(2)9/h4-5,8-9H,2-3,6-7H2,1H3. The van der Waals surface area contributed by atoms with Gasteiger partial charge in [-0.1, -0.05) is 19.1 Å². The molecule has 1 N–H and O–H groups in total. The predicted molar refractivity (Wildman–Crippen MR) is 40.0 cm³/mol. The molecule has 1 heteroatoms. The van der Waals surface area contributed by atoms with Crippen LogP contribution in [0.3, 0.4) is 0 Å². The third kappa shape index (κ3) is 7.70. The van der Waals surface area contributed by atoms with E-state index in [1.54, 1.807) is 0 Å². The highest BCUT2D eigenvalue weighted by atomic mass is 16.3. The van der Waals surface area contributed by atoms with E-state index in [-0.39, 0.29) is 0 Å². The minimum absolute atomic E-state index is 0.397. The summed E-state index contributed by atoms with van der Waals surface area (Å²) in [5.74, 6) is 0. The lowest BCUT2D eigenvalue weighted by atomic mass is 10.2. The number of allylic oxidation sites excluding steroid dienone is 2. The van der Waals surface area contributed by atoms with Crippen LogP contribution < -0.4 is 0 Å². The van der Waals surface area contributed by atoms with Gasteiger partial charge >= 0.3 is 0 Å². The molecule has 0 aromatic heterocycles. The molecule has 1 atom stereocenters. The van der Waals surface area contributed by atoms with E-state index < -0.39 is 6.10 Å². The van der Waals surface area contributed by atoms with E-state index in [9.17, 15) is 0 Å². The summed E-state index contributed by atoms with van der Waals surface area (Å²) >= 11 is 0. The van der Waals surface area contributed by atoms with Crippen LogP contribution in [0.4, 0.5) is 0 Å². The molecule has 0 aromatic carbocycles. The summed E-state index contributed by atoms with van der Waals surface area (Å²) < 4.78 is 0. The van der Waals surface area contributed by atoms with Gasteiger partial charge in [-0.05, 0) is 26.2 Å². The fourth-order valence-electron chi connectivity index (χ4n) is 0.573. The van der Waals surface area contributed by atoms with Crippen molar-refractivity contribution in [1.29, 1.82) is 0 Å². The van der Waals surface area contributed by atoms with Gasteiger partial charge in [0.15, 0.2) is 0 Å². The van der Waals surface area contributed by atoms with Crippen LogP contribution in [0.2, 0.25) is 0 Å². The van der Waals surface area contributed by atoms with Crippen molar-refractivity contribution in [2.75, 3.05) is 0 Å². The van der Waals surface area contributed by atoms with Gasteiger partial charge in [0, 0.05) is 0 Å². The molecule has 0 saturated heterocycles. The third-order valence-corrected chi connectivity index (χ3v) is 1.07. The van der Waals surface area contributed by atoms with Gasteiger partial charge in [0.2, 0.25) is 0 Å². The summed E-state index contributed by atoms with van der Waals surface area (Å²) in [6.45, 7) is 5.55. The average Bonchev–Trinajstić information content (AvgIpc) is 1.80. The van der Waals surface area contributed by atoms with Gasteiger partial charge in [0.05, 0.1) is 6.10 Å². The fraction of sp³-hybridized carbons (Fsp3) is 0.625. The van der Waals surface area contributed by atoms with Crippen molar-refractivity contribution in [2.45, 2.75) is 32.3 Å². The highest BCUT2D eigenvalue weighted by Gasteiger charge is 1.89. The van der Waals surface area contributed by atoms with Crippen LogP contribution in [0.25, 0.3) is 0 Å². The van der Waals surface area contributed by atoms with Crippen molar-refractivity contribution < 1.29 is 5.11 Å². The zero-order chi connectivity index (χ0) is 7.11. The van der Waals surface area contributed by atoms with Crippen LogP contribution in [-0.2, 0) is 0 Å². The van der Waals surface area contributed by atoms with E-state index in [2.05, 4.69) is 26.0 Å². The second kappa shape index (κ2) is 5.83. The lowest BCUT2D eigenvalue weighted by molar-refractivity contribution is 0.211. The van der Waals surface area contributed by atoms with Crippen LogP contribution in [0, 0.1) is 6.92 Å². The molecule has 0 fully saturated rings. The fourth-order valence-corrected chi connectivity index (χ4v) is 0.573. The maximum absolute atomic E-state index is 8.71. The molecule has 1 nitrogen and oxygen atoms in total. The van der Waals surface area contributed by atoms with E-state index in [0.29, 0.717) is 0 Å². The molecule has 0 aliphatic carbocycles. The predicted octanol–water partition coefficient (Wildman–Crippen LogP) is 1.93. The first-order chi connectivity index (χ1) is 4.27. The molecule has 0 aliphatic heterocycles. The number of rotatable bonds is 4. The molecule has 9 heavy (non-hydrogen) atoms. The van der Waals surface area contributed by atoms with Gasteiger partial charge in [-0.2, -0.15) is 0 Å². The molecule has 53 valence electrons. The zero-order valence-corrected chi connectivity index (χ0v) is 6.01. The topological polar surface area (TPSA) is 20.2 Å². The number of hydrogen-bond donors (Lipinski definition) is 1. The molecule has 0 spiro atoms. The van der Waals surface area contributed by atoms with E-state index in [1.165, 1.54) is 0 Å². The Balaban J connectivity index is 2.99. The zero-order valence-electron chi connectivity index (χ0n) is 6.01. The van der Waals surface area contributed by atoms with Crippen LogP contribution in [0.1, 0.15) is 26.2 Å². The number of hydrogen-bond acceptors (Lipinski definition) is 1. The van der Waals surface area contributed by atoms with Gasteiger partial charge in [-0.25, -0.2) is 0 Å². The minimum Gasteiger partial charge on any atom is -0.393 e. The maximum Gasteiger partial charge on any atom is 0.0544 e. The Hall–Kier alpha value is -0.300. The second-order valence-electron chi connectivity index (χ2n) is 2.11. The average molecular weight is 127 g/mol. The SMILES string of the molecule is [CH2]C(O)CCC=CCC. The number of aliphatic hydroxyl groups is 1. The van der Waals surface area contributed by atoms with E-state index >= 15 is 0 Å². The summed E-state index contributed by atoms with van der Waals surface area (Å²) in [6.07, 6.45) is 6.57. The van der Waals surface area contributed by atoms with Crippen LogP contribution in [0.5, 0.6) is 0 Å². The first kappa shape index (κ1) is 8.70. The summed E-state index contributed by atoms with van der Waals surface area (Å²) in [4.78, 5) is 0. The normalized spacial score (nSPS) is 14.6. The van der Waals surface area contributed by atoms with Crippen molar-refractivity contribution in [3.8, 4) is 0 Å². The quantitative estimate of drug-likeness (QED) is 0.572. The Bertz CT molecular complexity index is 74.6. The van der Waals surface area contributed by atoms with E-state index in [4.69, 9.17) is 5.11 Å². The maximum atomic E-state index is 8.71. The highest BCUT2D eigenvalue weighted by Crippen LogP contribution is 1.96. The molecule has 0 rings (SSSR count). The summed E-state index contributed by atoms with van der Waals surface area (Å²) in [7, 11) is 0. The van der Waals surface area contributed by atoms with Crippen molar-refractivity contribution in [1.82, 2.24) is 0 Å². The Morgan fingerprint density at radius 3 is 2.67 bits per heavy atom. The van der Waals surface area contributed by atoms with Crippen LogP contribution in [0.15, 0.2) is 12.2 Å².